The maximum Gasteiger partial charge on any atom is 0.191 e. The van der Waals surface area contributed by atoms with E-state index in [0.29, 0.717) is 12.1 Å². The minimum absolute atomic E-state index is 0. The fraction of sp³-hybridized carbons (Fsp3) is 0.667. The summed E-state index contributed by atoms with van der Waals surface area (Å²) in [6.07, 6.45) is 1.10. The van der Waals surface area contributed by atoms with Crippen molar-refractivity contribution in [2.75, 3.05) is 64.3 Å². The van der Waals surface area contributed by atoms with Gasteiger partial charge < -0.3 is 20.4 Å². The van der Waals surface area contributed by atoms with Crippen molar-refractivity contribution in [1.82, 2.24) is 20.4 Å². The summed E-state index contributed by atoms with van der Waals surface area (Å²) < 4.78 is 0. The van der Waals surface area contributed by atoms with Crippen molar-refractivity contribution < 1.29 is 0 Å². The monoisotopic (exact) mass is 534 g/mol. The zero-order valence-corrected chi connectivity index (χ0v) is 21.0. The maximum absolute atomic E-state index is 6.14. The molecular formula is C21H36ClIN6. The first-order valence-electron chi connectivity index (χ1n) is 10.5. The van der Waals surface area contributed by atoms with Crippen LogP contribution >= 0.6 is 35.6 Å². The smallest absolute Gasteiger partial charge is 0.191 e. The molecule has 3 rings (SSSR count). The van der Waals surface area contributed by atoms with Gasteiger partial charge in [-0.05, 0) is 38.1 Å². The number of nitrogens with one attached hydrogen (secondary N) is 2. The van der Waals surface area contributed by atoms with Crippen LogP contribution in [0.25, 0.3) is 0 Å². The number of piperazine rings is 1. The number of guanidine groups is 1. The third-order valence-electron chi connectivity index (χ3n) is 5.97. The molecule has 0 spiro atoms. The largest absolute Gasteiger partial charge is 0.369 e. The van der Waals surface area contributed by atoms with Gasteiger partial charge in [-0.1, -0.05) is 24.6 Å². The zero-order chi connectivity index (χ0) is 19.9. The van der Waals surface area contributed by atoms with Gasteiger partial charge in [0.15, 0.2) is 5.96 Å². The number of likely N-dealkylation sites (N-methyl/N-ethyl adjacent to an activating group) is 1. The van der Waals surface area contributed by atoms with Gasteiger partial charge >= 0.3 is 0 Å². The highest BCUT2D eigenvalue weighted by atomic mass is 127. The molecule has 29 heavy (non-hydrogen) atoms. The van der Waals surface area contributed by atoms with Crippen LogP contribution in [0.15, 0.2) is 29.3 Å². The molecule has 2 unspecified atom stereocenters. The van der Waals surface area contributed by atoms with Crippen LogP contribution in [0.4, 0.5) is 5.69 Å². The molecular weight excluding hydrogens is 499 g/mol. The average Bonchev–Trinajstić information content (AvgIpc) is 3.19. The van der Waals surface area contributed by atoms with E-state index in [0.717, 1.165) is 56.7 Å². The summed E-state index contributed by atoms with van der Waals surface area (Å²) in [5, 5.41) is 7.91. The lowest BCUT2D eigenvalue weighted by Crippen LogP contribution is -2.53. The molecule has 0 amide bonds. The van der Waals surface area contributed by atoms with Crippen molar-refractivity contribution in [3.8, 4) is 0 Å². The molecule has 0 saturated carbocycles. The first kappa shape index (κ1) is 24.5. The highest BCUT2D eigenvalue weighted by molar-refractivity contribution is 14.0. The minimum Gasteiger partial charge on any atom is -0.369 e. The Labute approximate surface area is 198 Å². The molecule has 2 N–H and O–H groups in total. The van der Waals surface area contributed by atoms with Crippen molar-refractivity contribution in [2.45, 2.75) is 32.4 Å². The van der Waals surface area contributed by atoms with Crippen molar-refractivity contribution in [1.29, 1.82) is 0 Å². The van der Waals surface area contributed by atoms with Crippen LogP contribution in [0.3, 0.4) is 0 Å². The lowest BCUT2D eigenvalue weighted by atomic mass is 10.2. The molecule has 2 saturated heterocycles. The molecule has 8 heteroatoms. The van der Waals surface area contributed by atoms with E-state index in [2.05, 4.69) is 50.2 Å². The number of nitrogens with zero attached hydrogens (tertiary/aromatic N) is 4. The number of halogens is 2. The van der Waals surface area contributed by atoms with Crippen molar-refractivity contribution in [3.05, 3.63) is 29.3 Å². The number of hydrogen-bond acceptors (Lipinski definition) is 4. The molecule has 1 aromatic rings. The molecule has 0 bridgehead atoms. The maximum atomic E-state index is 6.14. The van der Waals surface area contributed by atoms with Gasteiger partial charge in [-0.3, -0.25) is 9.89 Å². The van der Waals surface area contributed by atoms with Crippen LogP contribution < -0.4 is 15.5 Å². The van der Waals surface area contributed by atoms with E-state index < -0.39 is 0 Å². The Morgan fingerprint density at radius 1 is 1.24 bits per heavy atom. The number of hydrogen-bond donors (Lipinski definition) is 2. The molecule has 2 fully saturated rings. The second-order valence-corrected chi connectivity index (χ2v) is 8.26. The van der Waals surface area contributed by atoms with Gasteiger partial charge in [0, 0.05) is 75.7 Å². The topological polar surface area (TPSA) is 46.1 Å². The molecule has 1 aromatic carbocycles. The Kier molecular flexibility index (Phi) is 10.3. The molecule has 2 atom stereocenters. The van der Waals surface area contributed by atoms with Crippen molar-refractivity contribution >= 4 is 47.2 Å². The quantitative estimate of drug-likeness (QED) is 0.334. The minimum atomic E-state index is 0. The highest BCUT2D eigenvalue weighted by Crippen LogP contribution is 2.23. The van der Waals surface area contributed by atoms with E-state index >= 15 is 0 Å². The third-order valence-corrected chi connectivity index (χ3v) is 6.20. The van der Waals surface area contributed by atoms with E-state index in [9.17, 15) is 0 Å². The molecule has 2 heterocycles. The van der Waals surface area contributed by atoms with Crippen molar-refractivity contribution in [2.24, 2.45) is 4.99 Å². The summed E-state index contributed by atoms with van der Waals surface area (Å²) in [4.78, 5) is 11.9. The highest BCUT2D eigenvalue weighted by Gasteiger charge is 2.24. The summed E-state index contributed by atoms with van der Waals surface area (Å²) in [6, 6.07) is 9.00. The second kappa shape index (κ2) is 12.2. The predicted octanol–water partition coefficient (Wildman–Crippen LogP) is 2.73. The van der Waals surface area contributed by atoms with Crippen LogP contribution in [-0.4, -0.2) is 87.2 Å². The van der Waals surface area contributed by atoms with Gasteiger partial charge in [0.1, 0.15) is 0 Å². The number of aliphatic imine (C=N–C) groups is 1. The number of benzene rings is 1. The average molecular weight is 535 g/mol. The van der Waals surface area contributed by atoms with Crippen LogP contribution in [0.2, 0.25) is 5.02 Å². The van der Waals surface area contributed by atoms with Crippen molar-refractivity contribution in [3.63, 3.8) is 0 Å². The van der Waals surface area contributed by atoms with Gasteiger partial charge in [0.25, 0.3) is 0 Å². The van der Waals surface area contributed by atoms with E-state index in [1.807, 2.05) is 25.2 Å². The molecule has 2 aliphatic rings. The number of rotatable bonds is 6. The van der Waals surface area contributed by atoms with Crippen LogP contribution in [-0.2, 0) is 0 Å². The molecule has 2 aliphatic heterocycles. The van der Waals surface area contributed by atoms with Crippen LogP contribution in [0, 0.1) is 0 Å². The van der Waals surface area contributed by atoms with Crippen LogP contribution in [0.1, 0.15) is 20.3 Å². The van der Waals surface area contributed by atoms with Gasteiger partial charge in [-0.25, -0.2) is 0 Å². The normalized spacial score (nSPS) is 22.3. The van der Waals surface area contributed by atoms with Crippen LogP contribution in [0.5, 0.6) is 0 Å². The fourth-order valence-electron chi connectivity index (χ4n) is 4.07. The van der Waals surface area contributed by atoms with E-state index in [1.54, 1.807) is 0 Å². The van der Waals surface area contributed by atoms with E-state index in [1.165, 1.54) is 18.8 Å². The Balaban J connectivity index is 0.00000300. The predicted molar refractivity (Wildman–Crippen MR) is 135 cm³/mol. The Bertz CT molecular complexity index is 650. The van der Waals surface area contributed by atoms with Gasteiger partial charge in [0.2, 0.25) is 0 Å². The summed E-state index contributed by atoms with van der Waals surface area (Å²) in [5.41, 5.74) is 1.19. The van der Waals surface area contributed by atoms with E-state index in [-0.39, 0.29) is 24.0 Å². The van der Waals surface area contributed by atoms with Gasteiger partial charge in [-0.2, -0.15) is 0 Å². The summed E-state index contributed by atoms with van der Waals surface area (Å²) in [6.45, 7) is 13.3. The second-order valence-electron chi connectivity index (χ2n) is 7.83. The molecule has 6 nitrogen and oxygen atoms in total. The Hall–Kier alpha value is -0.770. The molecule has 164 valence electrons. The molecule has 0 aromatic heterocycles. The first-order chi connectivity index (χ1) is 13.6. The fourth-order valence-corrected chi connectivity index (χ4v) is 4.25. The summed E-state index contributed by atoms with van der Waals surface area (Å²) in [5.74, 6) is 0.900. The standard InChI is InChI=1S/C21H35ClN6.HI/c1-4-26-10-12-27(13-11-26)17(2)15-24-21(23-3)25-19-8-9-28(16-19)20-7-5-6-18(22)14-20;/h5-7,14,17,19H,4,8-13,15-16H2,1-3H3,(H2,23,24,25);1H. The van der Waals surface area contributed by atoms with Gasteiger partial charge in [0.05, 0.1) is 0 Å². The zero-order valence-electron chi connectivity index (χ0n) is 17.9. The lowest BCUT2D eigenvalue weighted by molar-refractivity contribution is 0.107. The number of anilines is 1. The SMILES string of the molecule is CCN1CCN(C(C)CNC(=NC)NC2CCN(c3cccc(Cl)c3)C2)CC1.I. The van der Waals surface area contributed by atoms with Gasteiger partial charge in [-0.15, -0.1) is 24.0 Å². The molecule has 0 aliphatic carbocycles. The lowest BCUT2D eigenvalue weighted by Gasteiger charge is -2.37. The van der Waals surface area contributed by atoms with E-state index in [4.69, 9.17) is 11.6 Å². The third kappa shape index (κ3) is 7.15. The molecule has 0 radical (unpaired) electrons. The summed E-state index contributed by atoms with van der Waals surface area (Å²) >= 11 is 6.14. The Morgan fingerprint density at radius 3 is 2.66 bits per heavy atom. The Morgan fingerprint density at radius 2 is 2.00 bits per heavy atom. The first-order valence-corrected chi connectivity index (χ1v) is 10.9. The summed E-state index contributed by atoms with van der Waals surface area (Å²) in [7, 11) is 1.85.